The molecule has 1 saturated carbocycles. The predicted octanol–water partition coefficient (Wildman–Crippen LogP) is 2.34. The van der Waals surface area contributed by atoms with Gasteiger partial charge in [0, 0.05) is 19.1 Å². The molecular formula is C25H42N4O3. The van der Waals surface area contributed by atoms with Gasteiger partial charge >= 0.3 is 0 Å². The fourth-order valence-electron chi connectivity index (χ4n) is 4.44. The van der Waals surface area contributed by atoms with E-state index in [1.165, 1.54) is 19.3 Å². The van der Waals surface area contributed by atoms with E-state index in [0.29, 0.717) is 25.4 Å². The highest BCUT2D eigenvalue weighted by atomic mass is 16.3. The molecule has 0 aromatic heterocycles. The molecule has 0 bridgehead atoms. The molecule has 0 unspecified atom stereocenters. The molecule has 7 nitrogen and oxygen atoms in total. The van der Waals surface area contributed by atoms with Crippen molar-refractivity contribution in [3.8, 4) is 0 Å². The Morgan fingerprint density at radius 1 is 1.16 bits per heavy atom. The summed E-state index contributed by atoms with van der Waals surface area (Å²) in [6.45, 7) is 4.82. The van der Waals surface area contributed by atoms with Crippen LogP contribution in [0.1, 0.15) is 76.3 Å². The van der Waals surface area contributed by atoms with Gasteiger partial charge in [-0.1, -0.05) is 70.2 Å². The smallest absolute Gasteiger partial charge is 0.242 e. The lowest BCUT2D eigenvalue weighted by Crippen LogP contribution is -2.49. The van der Waals surface area contributed by atoms with Crippen LogP contribution in [-0.4, -0.2) is 35.1 Å². The van der Waals surface area contributed by atoms with E-state index < -0.39 is 18.2 Å². The number of nitrogens with one attached hydrogen (secondary N) is 2. The molecule has 1 aliphatic rings. The van der Waals surface area contributed by atoms with Gasteiger partial charge in [-0.2, -0.15) is 0 Å². The first-order valence-corrected chi connectivity index (χ1v) is 12.1. The molecule has 1 aliphatic carbocycles. The fourth-order valence-corrected chi connectivity index (χ4v) is 4.44. The number of hydrogen-bond donors (Lipinski definition) is 5. The molecule has 7 N–H and O–H groups in total. The third kappa shape index (κ3) is 9.27. The Balaban J connectivity index is 1.86. The van der Waals surface area contributed by atoms with Crippen LogP contribution in [-0.2, 0) is 22.7 Å². The summed E-state index contributed by atoms with van der Waals surface area (Å²) in [6.07, 6.45) is 6.28. The number of hydrogen-bond acceptors (Lipinski definition) is 5. The molecule has 32 heavy (non-hydrogen) atoms. The van der Waals surface area contributed by atoms with Crippen molar-refractivity contribution in [1.29, 1.82) is 0 Å². The van der Waals surface area contributed by atoms with Gasteiger partial charge in [-0.15, -0.1) is 0 Å². The maximum absolute atomic E-state index is 12.8. The zero-order valence-corrected chi connectivity index (χ0v) is 19.7. The van der Waals surface area contributed by atoms with Crippen LogP contribution >= 0.6 is 0 Å². The number of benzene rings is 1. The highest BCUT2D eigenvalue weighted by molar-refractivity contribution is 5.87. The van der Waals surface area contributed by atoms with Crippen molar-refractivity contribution < 1.29 is 14.7 Å². The van der Waals surface area contributed by atoms with Crippen LogP contribution < -0.4 is 22.1 Å². The van der Waals surface area contributed by atoms with Crippen molar-refractivity contribution in [1.82, 2.24) is 10.6 Å². The van der Waals surface area contributed by atoms with Crippen LogP contribution in [0.25, 0.3) is 0 Å². The summed E-state index contributed by atoms with van der Waals surface area (Å²) in [6, 6.07) is 6.67. The maximum Gasteiger partial charge on any atom is 0.242 e. The Hall–Kier alpha value is -1.96. The van der Waals surface area contributed by atoms with Gasteiger partial charge < -0.3 is 27.2 Å². The van der Waals surface area contributed by atoms with E-state index in [1.807, 2.05) is 38.1 Å². The first-order valence-electron chi connectivity index (χ1n) is 12.1. The van der Waals surface area contributed by atoms with E-state index >= 15 is 0 Å². The average molecular weight is 447 g/mol. The van der Waals surface area contributed by atoms with Gasteiger partial charge in [0.05, 0.1) is 12.5 Å². The number of nitrogens with two attached hydrogens (primary N) is 2. The number of amides is 2. The fraction of sp³-hybridized carbons (Fsp3) is 0.680. The highest BCUT2D eigenvalue weighted by Crippen LogP contribution is 2.27. The van der Waals surface area contributed by atoms with Crippen molar-refractivity contribution in [3.05, 3.63) is 35.4 Å². The zero-order chi connectivity index (χ0) is 23.5. The molecular weight excluding hydrogens is 404 g/mol. The maximum atomic E-state index is 12.8. The Kier molecular flexibility index (Phi) is 11.1. The minimum absolute atomic E-state index is 0.0890. The minimum atomic E-state index is -0.904. The van der Waals surface area contributed by atoms with Gasteiger partial charge in [-0.3, -0.25) is 9.59 Å². The number of aliphatic hydroxyl groups excluding tert-OH is 1. The Bertz CT molecular complexity index is 719. The summed E-state index contributed by atoms with van der Waals surface area (Å²) < 4.78 is 0. The van der Waals surface area contributed by atoms with Gasteiger partial charge in [0.25, 0.3) is 0 Å². The Morgan fingerprint density at radius 2 is 1.84 bits per heavy atom. The first kappa shape index (κ1) is 26.3. The topological polar surface area (TPSA) is 130 Å². The van der Waals surface area contributed by atoms with Crippen LogP contribution in [0.2, 0.25) is 0 Å². The van der Waals surface area contributed by atoms with Crippen LogP contribution in [0, 0.1) is 11.8 Å². The van der Waals surface area contributed by atoms with Gasteiger partial charge in [-0.25, -0.2) is 0 Å². The summed E-state index contributed by atoms with van der Waals surface area (Å²) in [4.78, 5) is 25.4. The molecule has 2 rings (SSSR count). The lowest BCUT2D eigenvalue weighted by molar-refractivity contribution is -0.130. The molecule has 0 spiro atoms. The molecule has 1 aromatic carbocycles. The third-order valence-corrected chi connectivity index (χ3v) is 6.27. The number of carbonyl (C=O) groups excluding carboxylic acids is 2. The van der Waals surface area contributed by atoms with Crippen molar-refractivity contribution in [2.24, 2.45) is 23.3 Å². The van der Waals surface area contributed by atoms with E-state index in [2.05, 4.69) is 10.6 Å². The monoisotopic (exact) mass is 446 g/mol. The van der Waals surface area contributed by atoms with E-state index in [4.69, 9.17) is 11.5 Å². The van der Waals surface area contributed by atoms with Crippen molar-refractivity contribution >= 4 is 11.8 Å². The molecule has 7 heteroatoms. The molecule has 3 atom stereocenters. The van der Waals surface area contributed by atoms with E-state index in [9.17, 15) is 14.7 Å². The van der Waals surface area contributed by atoms with Crippen molar-refractivity contribution in [2.45, 2.75) is 96.5 Å². The van der Waals surface area contributed by atoms with Gasteiger partial charge in [-0.05, 0) is 35.8 Å². The quantitative estimate of drug-likeness (QED) is 0.336. The predicted molar refractivity (Wildman–Crippen MR) is 127 cm³/mol. The van der Waals surface area contributed by atoms with Crippen molar-refractivity contribution in [3.63, 3.8) is 0 Å². The molecule has 2 amide bonds. The van der Waals surface area contributed by atoms with Crippen LogP contribution in [0.4, 0.5) is 0 Å². The second-order valence-corrected chi connectivity index (χ2v) is 9.67. The molecule has 1 aromatic rings. The van der Waals surface area contributed by atoms with Crippen molar-refractivity contribution in [2.75, 3.05) is 0 Å². The second-order valence-electron chi connectivity index (χ2n) is 9.67. The van der Waals surface area contributed by atoms with Gasteiger partial charge in [0.2, 0.25) is 11.8 Å². The summed E-state index contributed by atoms with van der Waals surface area (Å²) in [7, 11) is 0. The molecule has 180 valence electrons. The summed E-state index contributed by atoms with van der Waals surface area (Å²) >= 11 is 0. The second kappa shape index (κ2) is 13.6. The third-order valence-electron chi connectivity index (χ3n) is 6.27. The standard InChI is InChI=1S/C25H42N4O3/c1-17(2)11-22(25(32)28-16-20-10-6-9-19(12-20)15-26)29-24(31)14-23(30)21(27)13-18-7-4-3-5-8-18/h6,9-10,12,17-18,21-23,30H,3-5,7-8,11,13-16,26-27H2,1-2H3,(H,28,32)(H,29,31)/t21-,22-,23-/m0/s1. The molecule has 0 aliphatic heterocycles. The summed E-state index contributed by atoms with van der Waals surface area (Å²) in [5.41, 5.74) is 13.8. The van der Waals surface area contributed by atoms with E-state index in [1.54, 1.807) is 0 Å². The average Bonchev–Trinajstić information content (AvgIpc) is 2.77. The molecule has 0 heterocycles. The normalized spacial score (nSPS) is 17.6. The zero-order valence-electron chi connectivity index (χ0n) is 19.7. The molecule has 0 radical (unpaired) electrons. The first-order chi connectivity index (χ1) is 15.3. The van der Waals surface area contributed by atoms with Crippen LogP contribution in [0.3, 0.4) is 0 Å². The number of rotatable bonds is 12. The van der Waals surface area contributed by atoms with Crippen LogP contribution in [0.5, 0.6) is 0 Å². The Labute approximate surface area is 192 Å². The molecule has 0 saturated heterocycles. The van der Waals surface area contributed by atoms with Gasteiger partial charge in [0.15, 0.2) is 0 Å². The summed E-state index contributed by atoms with van der Waals surface area (Å²) in [5, 5.41) is 16.2. The van der Waals surface area contributed by atoms with Crippen LogP contribution in [0.15, 0.2) is 24.3 Å². The lowest BCUT2D eigenvalue weighted by Gasteiger charge is -2.27. The summed E-state index contributed by atoms with van der Waals surface area (Å²) in [5.74, 6) is 0.188. The van der Waals surface area contributed by atoms with E-state index in [0.717, 1.165) is 30.4 Å². The lowest BCUT2D eigenvalue weighted by atomic mass is 9.83. The number of aliphatic hydroxyl groups is 1. The SMILES string of the molecule is CC(C)C[C@H](NC(=O)C[C@H](O)[C@@H](N)CC1CCCCC1)C(=O)NCc1cccc(CN)c1. The van der Waals surface area contributed by atoms with Gasteiger partial charge in [0.1, 0.15) is 6.04 Å². The number of carbonyl (C=O) groups is 2. The molecule has 1 fully saturated rings. The minimum Gasteiger partial charge on any atom is -0.391 e. The largest absolute Gasteiger partial charge is 0.391 e. The highest BCUT2D eigenvalue weighted by Gasteiger charge is 2.26. The Morgan fingerprint density at radius 3 is 2.50 bits per heavy atom. The van der Waals surface area contributed by atoms with E-state index in [-0.39, 0.29) is 24.2 Å².